The Morgan fingerprint density at radius 2 is 1.55 bits per heavy atom. The zero-order chi connectivity index (χ0) is 14.9. The van der Waals surface area contributed by atoms with Crippen LogP contribution in [0.5, 0.6) is 0 Å². The van der Waals surface area contributed by atoms with Crippen molar-refractivity contribution in [1.29, 1.82) is 0 Å². The first kappa shape index (κ1) is 14.5. The quantitative estimate of drug-likeness (QED) is 0.783. The summed E-state index contributed by atoms with van der Waals surface area (Å²) in [4.78, 5) is 7.57. The van der Waals surface area contributed by atoms with Crippen LogP contribution in [-0.4, -0.2) is 18.1 Å². The van der Waals surface area contributed by atoms with Gasteiger partial charge in [0.25, 0.3) is 0 Å². The Balaban J connectivity index is 1.53. The van der Waals surface area contributed by atoms with Crippen molar-refractivity contribution in [2.45, 2.75) is 76.7 Å². The first-order valence-corrected chi connectivity index (χ1v) is 9.53. The highest BCUT2D eigenvalue weighted by atomic mass is 15.2. The molecule has 0 saturated heterocycles. The molecule has 2 saturated carbocycles. The molecule has 0 bridgehead atoms. The molecular formula is C20H30N2. The van der Waals surface area contributed by atoms with E-state index in [0.29, 0.717) is 6.04 Å². The third-order valence-electron chi connectivity index (χ3n) is 6.54. The van der Waals surface area contributed by atoms with Crippen molar-refractivity contribution >= 4 is 5.82 Å². The monoisotopic (exact) mass is 298 g/mol. The van der Waals surface area contributed by atoms with Crippen LogP contribution in [0.3, 0.4) is 0 Å². The van der Waals surface area contributed by atoms with Crippen molar-refractivity contribution < 1.29 is 0 Å². The molecule has 2 atom stereocenters. The van der Waals surface area contributed by atoms with Crippen LogP contribution in [-0.2, 0) is 12.8 Å². The van der Waals surface area contributed by atoms with Crippen molar-refractivity contribution in [3.05, 3.63) is 23.4 Å². The lowest BCUT2D eigenvalue weighted by molar-refractivity contribution is 0.218. The van der Waals surface area contributed by atoms with Gasteiger partial charge in [0.2, 0.25) is 0 Å². The van der Waals surface area contributed by atoms with E-state index in [2.05, 4.69) is 24.1 Å². The van der Waals surface area contributed by atoms with Crippen LogP contribution in [0.2, 0.25) is 0 Å². The summed E-state index contributed by atoms with van der Waals surface area (Å²) in [7, 11) is 2.26. The molecular weight excluding hydrogens is 268 g/mol. The molecule has 3 aliphatic carbocycles. The van der Waals surface area contributed by atoms with Gasteiger partial charge in [0.1, 0.15) is 5.82 Å². The number of hydrogen-bond donors (Lipinski definition) is 0. The fourth-order valence-electron chi connectivity index (χ4n) is 5.09. The van der Waals surface area contributed by atoms with E-state index in [0.717, 1.165) is 11.8 Å². The molecule has 22 heavy (non-hydrogen) atoms. The molecule has 3 aliphatic rings. The summed E-state index contributed by atoms with van der Waals surface area (Å²) in [6, 6.07) is 5.39. The first-order chi connectivity index (χ1) is 10.8. The second-order valence-corrected chi connectivity index (χ2v) is 7.89. The second kappa shape index (κ2) is 6.22. The lowest BCUT2D eigenvalue weighted by atomic mass is 9.70. The third-order valence-corrected chi connectivity index (χ3v) is 6.54. The van der Waals surface area contributed by atoms with E-state index in [1.165, 1.54) is 82.1 Å². The topological polar surface area (TPSA) is 16.1 Å². The molecule has 1 heterocycles. The van der Waals surface area contributed by atoms with E-state index in [-0.39, 0.29) is 0 Å². The summed E-state index contributed by atoms with van der Waals surface area (Å²) >= 11 is 0. The molecule has 0 amide bonds. The Bertz CT molecular complexity index is 518. The normalized spacial score (nSPS) is 28.8. The summed E-state index contributed by atoms with van der Waals surface area (Å²) in [6.45, 7) is 0. The minimum Gasteiger partial charge on any atom is -0.357 e. The number of aromatic nitrogens is 1. The maximum atomic E-state index is 5.11. The van der Waals surface area contributed by atoms with Crippen molar-refractivity contribution in [2.75, 3.05) is 11.9 Å². The van der Waals surface area contributed by atoms with Crippen molar-refractivity contribution in [3.63, 3.8) is 0 Å². The van der Waals surface area contributed by atoms with Crippen molar-refractivity contribution in [3.8, 4) is 0 Å². The van der Waals surface area contributed by atoms with Gasteiger partial charge in [-0.2, -0.15) is 0 Å². The van der Waals surface area contributed by atoms with Crippen molar-refractivity contribution in [2.24, 2.45) is 11.8 Å². The highest BCUT2D eigenvalue weighted by Gasteiger charge is 2.31. The molecule has 2 unspecified atom stereocenters. The Morgan fingerprint density at radius 3 is 2.32 bits per heavy atom. The van der Waals surface area contributed by atoms with Gasteiger partial charge in [0, 0.05) is 18.8 Å². The molecule has 0 aliphatic heterocycles. The van der Waals surface area contributed by atoms with Crippen LogP contribution >= 0.6 is 0 Å². The average Bonchev–Trinajstić information content (AvgIpc) is 2.59. The van der Waals surface area contributed by atoms with E-state index >= 15 is 0 Å². The van der Waals surface area contributed by atoms with Gasteiger partial charge in [0.15, 0.2) is 0 Å². The standard InChI is InChI=1S/C20H30N2/c1-22(18-9-3-2-4-10-18)20-12-11-17-13-15-7-5-6-8-16(15)14-19(17)21-20/h11-12,15-16,18H,2-10,13-14H2,1H3. The first-order valence-electron chi connectivity index (χ1n) is 9.53. The SMILES string of the molecule is CN(c1ccc2c(n1)CC1CCCCC1C2)C1CCCCC1. The van der Waals surface area contributed by atoms with Crippen LogP contribution in [0, 0.1) is 11.8 Å². The zero-order valence-electron chi connectivity index (χ0n) is 14.1. The Hall–Kier alpha value is -1.05. The number of rotatable bonds is 2. The number of pyridine rings is 1. The Labute approximate surface area is 135 Å². The predicted octanol–water partition coefficient (Wildman–Crippen LogP) is 4.76. The molecule has 2 fully saturated rings. The average molecular weight is 298 g/mol. The van der Waals surface area contributed by atoms with Gasteiger partial charge in [-0.1, -0.05) is 38.2 Å². The van der Waals surface area contributed by atoms with E-state index in [4.69, 9.17) is 4.98 Å². The summed E-state index contributed by atoms with van der Waals surface area (Å²) < 4.78 is 0. The highest BCUT2D eigenvalue weighted by Crippen LogP contribution is 2.39. The molecule has 0 aromatic carbocycles. The Kier molecular flexibility index (Phi) is 4.11. The summed E-state index contributed by atoms with van der Waals surface area (Å²) in [5.41, 5.74) is 2.97. The number of hydrogen-bond acceptors (Lipinski definition) is 2. The van der Waals surface area contributed by atoms with Crippen molar-refractivity contribution in [1.82, 2.24) is 4.98 Å². The minimum absolute atomic E-state index is 0.713. The molecule has 0 N–H and O–H groups in total. The lowest BCUT2D eigenvalue weighted by Crippen LogP contribution is -2.35. The van der Waals surface area contributed by atoms with Crippen LogP contribution in [0.1, 0.15) is 69.0 Å². The fraction of sp³-hybridized carbons (Fsp3) is 0.750. The van der Waals surface area contributed by atoms with Gasteiger partial charge in [-0.3, -0.25) is 0 Å². The van der Waals surface area contributed by atoms with E-state index < -0.39 is 0 Å². The van der Waals surface area contributed by atoms with Crippen LogP contribution in [0.25, 0.3) is 0 Å². The van der Waals surface area contributed by atoms with E-state index in [1.54, 1.807) is 5.56 Å². The van der Waals surface area contributed by atoms with Crippen LogP contribution in [0.4, 0.5) is 5.82 Å². The molecule has 2 heteroatoms. The summed E-state index contributed by atoms with van der Waals surface area (Å²) in [6.07, 6.45) is 15.2. The van der Waals surface area contributed by atoms with Crippen LogP contribution in [0.15, 0.2) is 12.1 Å². The number of fused-ring (bicyclic) bond motifs is 2. The number of nitrogens with zero attached hydrogens (tertiary/aromatic N) is 2. The fourth-order valence-corrected chi connectivity index (χ4v) is 5.09. The largest absolute Gasteiger partial charge is 0.357 e. The minimum atomic E-state index is 0.713. The van der Waals surface area contributed by atoms with Gasteiger partial charge >= 0.3 is 0 Å². The maximum Gasteiger partial charge on any atom is 0.128 e. The Morgan fingerprint density at radius 1 is 0.864 bits per heavy atom. The zero-order valence-corrected chi connectivity index (χ0v) is 14.1. The molecule has 0 radical (unpaired) electrons. The highest BCUT2D eigenvalue weighted by molar-refractivity contribution is 5.43. The lowest BCUT2D eigenvalue weighted by Gasteiger charge is -2.37. The van der Waals surface area contributed by atoms with Gasteiger partial charge in [-0.25, -0.2) is 4.98 Å². The van der Waals surface area contributed by atoms with Gasteiger partial charge < -0.3 is 4.90 Å². The van der Waals surface area contributed by atoms with Gasteiger partial charge in [-0.15, -0.1) is 0 Å². The second-order valence-electron chi connectivity index (χ2n) is 7.89. The maximum absolute atomic E-state index is 5.11. The molecule has 2 nitrogen and oxygen atoms in total. The summed E-state index contributed by atoms with van der Waals surface area (Å²) in [5.74, 6) is 3.09. The number of anilines is 1. The van der Waals surface area contributed by atoms with Gasteiger partial charge in [-0.05, 0) is 62.0 Å². The van der Waals surface area contributed by atoms with Crippen LogP contribution < -0.4 is 4.90 Å². The third kappa shape index (κ3) is 2.77. The van der Waals surface area contributed by atoms with E-state index in [1.807, 2.05) is 0 Å². The smallest absolute Gasteiger partial charge is 0.128 e. The molecule has 0 spiro atoms. The molecule has 4 rings (SSSR count). The predicted molar refractivity (Wildman–Crippen MR) is 92.4 cm³/mol. The van der Waals surface area contributed by atoms with E-state index in [9.17, 15) is 0 Å². The van der Waals surface area contributed by atoms with Gasteiger partial charge in [0.05, 0.1) is 0 Å². The summed E-state index contributed by atoms with van der Waals surface area (Å²) in [5, 5.41) is 0. The molecule has 120 valence electrons. The molecule has 1 aromatic rings. The molecule has 1 aromatic heterocycles.